The molecule has 2 aliphatic rings. The van der Waals surface area contributed by atoms with Gasteiger partial charge in [0.15, 0.2) is 0 Å². The Morgan fingerprint density at radius 2 is 2.14 bits per heavy atom. The Bertz CT molecular complexity index is 530. The first-order valence-electron chi connectivity index (χ1n) is 8.84. The van der Waals surface area contributed by atoms with E-state index in [1.165, 1.54) is 30.8 Å². The van der Waals surface area contributed by atoms with E-state index in [4.69, 9.17) is 0 Å². The molecule has 0 N–H and O–H groups in total. The maximum Gasteiger partial charge on any atom is 0.222 e. The van der Waals surface area contributed by atoms with Gasteiger partial charge in [0, 0.05) is 43.9 Å². The standard InChI is InChI=1S/C18H29N3O/c1-13(2)9-17(22)20-8-4-5-15(11-20)12-21-14(3)10-19-18(21)16-6-7-16/h10,13,15-16H,4-9,11-12H2,1-3H3. The number of likely N-dealkylation sites (tertiary alicyclic amines) is 1. The summed E-state index contributed by atoms with van der Waals surface area (Å²) in [5.74, 6) is 3.34. The molecular weight excluding hydrogens is 274 g/mol. The van der Waals surface area contributed by atoms with Crippen LogP contribution in [-0.2, 0) is 11.3 Å². The molecule has 2 fully saturated rings. The fraction of sp³-hybridized carbons (Fsp3) is 0.778. The van der Waals surface area contributed by atoms with Crippen LogP contribution < -0.4 is 0 Å². The molecule has 1 aliphatic carbocycles. The minimum Gasteiger partial charge on any atom is -0.342 e. The molecule has 22 heavy (non-hydrogen) atoms. The number of aromatic nitrogens is 2. The molecule has 2 heterocycles. The Morgan fingerprint density at radius 3 is 2.82 bits per heavy atom. The van der Waals surface area contributed by atoms with Gasteiger partial charge in [-0.3, -0.25) is 4.79 Å². The molecule has 1 amide bonds. The number of aryl methyl sites for hydroxylation is 1. The first kappa shape index (κ1) is 15.6. The van der Waals surface area contributed by atoms with Gasteiger partial charge in [-0.2, -0.15) is 0 Å². The fourth-order valence-electron chi connectivity index (χ4n) is 3.56. The average Bonchev–Trinajstić information content (AvgIpc) is 3.25. The van der Waals surface area contributed by atoms with Crippen LogP contribution >= 0.6 is 0 Å². The first-order chi connectivity index (χ1) is 10.5. The number of hydrogen-bond acceptors (Lipinski definition) is 2. The highest BCUT2D eigenvalue weighted by Gasteiger charge is 2.30. The summed E-state index contributed by atoms with van der Waals surface area (Å²) in [6, 6.07) is 0. The zero-order chi connectivity index (χ0) is 15.7. The molecule has 1 saturated heterocycles. The molecule has 1 saturated carbocycles. The van der Waals surface area contributed by atoms with Crippen LogP contribution in [0.15, 0.2) is 6.20 Å². The summed E-state index contributed by atoms with van der Waals surface area (Å²) in [4.78, 5) is 19.0. The second-order valence-electron chi connectivity index (χ2n) is 7.59. The van der Waals surface area contributed by atoms with Crippen molar-refractivity contribution in [3.05, 3.63) is 17.7 Å². The Kier molecular flexibility index (Phi) is 4.55. The lowest BCUT2D eigenvalue weighted by Gasteiger charge is -2.34. The highest BCUT2D eigenvalue weighted by atomic mass is 16.2. The first-order valence-corrected chi connectivity index (χ1v) is 8.84. The second kappa shape index (κ2) is 6.43. The van der Waals surface area contributed by atoms with Gasteiger partial charge in [-0.05, 0) is 44.4 Å². The van der Waals surface area contributed by atoms with E-state index in [1.54, 1.807) is 0 Å². The zero-order valence-corrected chi connectivity index (χ0v) is 14.2. The Labute approximate surface area is 133 Å². The smallest absolute Gasteiger partial charge is 0.222 e. The predicted octanol–water partition coefficient (Wildman–Crippen LogP) is 3.35. The molecule has 0 bridgehead atoms. The largest absolute Gasteiger partial charge is 0.342 e. The van der Waals surface area contributed by atoms with Crippen molar-refractivity contribution in [3.63, 3.8) is 0 Å². The SMILES string of the molecule is Cc1cnc(C2CC2)n1CC1CCCN(C(=O)CC(C)C)C1. The molecule has 0 spiro atoms. The van der Waals surface area contributed by atoms with Gasteiger partial charge < -0.3 is 9.47 Å². The number of rotatable bonds is 5. The molecule has 1 aromatic rings. The number of hydrogen-bond donors (Lipinski definition) is 0. The predicted molar refractivity (Wildman–Crippen MR) is 87.7 cm³/mol. The van der Waals surface area contributed by atoms with E-state index < -0.39 is 0 Å². The lowest BCUT2D eigenvalue weighted by atomic mass is 9.96. The van der Waals surface area contributed by atoms with Crippen molar-refractivity contribution in [2.24, 2.45) is 11.8 Å². The number of imidazole rings is 1. The summed E-state index contributed by atoms with van der Waals surface area (Å²) in [5.41, 5.74) is 1.27. The van der Waals surface area contributed by atoms with Gasteiger partial charge in [-0.1, -0.05) is 13.8 Å². The van der Waals surface area contributed by atoms with Crippen molar-refractivity contribution in [1.29, 1.82) is 0 Å². The highest BCUT2D eigenvalue weighted by molar-refractivity contribution is 5.76. The van der Waals surface area contributed by atoms with Crippen LogP contribution in [0.5, 0.6) is 0 Å². The maximum absolute atomic E-state index is 12.3. The monoisotopic (exact) mass is 303 g/mol. The number of carbonyl (C=O) groups is 1. The van der Waals surface area contributed by atoms with E-state index in [-0.39, 0.29) is 0 Å². The lowest BCUT2D eigenvalue weighted by Crippen LogP contribution is -2.41. The van der Waals surface area contributed by atoms with Crippen molar-refractivity contribution in [3.8, 4) is 0 Å². The summed E-state index contributed by atoms with van der Waals surface area (Å²) in [7, 11) is 0. The van der Waals surface area contributed by atoms with E-state index in [1.807, 2.05) is 6.20 Å². The minimum atomic E-state index is 0.337. The third-order valence-electron chi connectivity index (χ3n) is 4.92. The molecule has 4 heteroatoms. The minimum absolute atomic E-state index is 0.337. The van der Waals surface area contributed by atoms with Gasteiger partial charge in [0.25, 0.3) is 0 Å². The molecular formula is C18H29N3O. The maximum atomic E-state index is 12.3. The number of amides is 1. The van der Waals surface area contributed by atoms with Crippen molar-refractivity contribution in [2.45, 2.75) is 65.3 Å². The van der Waals surface area contributed by atoms with Crippen molar-refractivity contribution in [2.75, 3.05) is 13.1 Å². The molecule has 3 rings (SSSR count). The van der Waals surface area contributed by atoms with Crippen LogP contribution in [0.1, 0.15) is 63.4 Å². The van der Waals surface area contributed by atoms with E-state index in [0.29, 0.717) is 30.1 Å². The van der Waals surface area contributed by atoms with Crippen LogP contribution in [0.4, 0.5) is 0 Å². The molecule has 4 nitrogen and oxygen atoms in total. The van der Waals surface area contributed by atoms with Crippen LogP contribution in [0.2, 0.25) is 0 Å². The molecule has 1 aliphatic heterocycles. The van der Waals surface area contributed by atoms with E-state index in [2.05, 4.69) is 35.2 Å². The molecule has 0 aromatic carbocycles. The van der Waals surface area contributed by atoms with Crippen LogP contribution in [0.25, 0.3) is 0 Å². The summed E-state index contributed by atoms with van der Waals surface area (Å²) >= 11 is 0. The third kappa shape index (κ3) is 3.53. The van der Waals surface area contributed by atoms with Gasteiger partial charge in [0.1, 0.15) is 5.82 Å². The quantitative estimate of drug-likeness (QED) is 0.836. The van der Waals surface area contributed by atoms with E-state index in [9.17, 15) is 4.79 Å². The fourth-order valence-corrected chi connectivity index (χ4v) is 3.56. The average molecular weight is 303 g/mol. The molecule has 1 aromatic heterocycles. The van der Waals surface area contributed by atoms with Crippen molar-refractivity contribution >= 4 is 5.91 Å². The summed E-state index contributed by atoms with van der Waals surface area (Å²) in [5, 5.41) is 0. The van der Waals surface area contributed by atoms with Gasteiger partial charge in [0.05, 0.1) is 0 Å². The Balaban J connectivity index is 1.63. The number of piperidine rings is 1. The van der Waals surface area contributed by atoms with Crippen molar-refractivity contribution < 1.29 is 4.79 Å². The molecule has 0 radical (unpaired) electrons. The summed E-state index contributed by atoms with van der Waals surface area (Å²) < 4.78 is 2.42. The Hall–Kier alpha value is -1.32. The van der Waals surface area contributed by atoms with Crippen molar-refractivity contribution in [1.82, 2.24) is 14.5 Å². The highest BCUT2D eigenvalue weighted by Crippen LogP contribution is 2.40. The van der Waals surface area contributed by atoms with Gasteiger partial charge in [-0.15, -0.1) is 0 Å². The lowest BCUT2D eigenvalue weighted by molar-refractivity contribution is -0.133. The molecule has 122 valence electrons. The van der Waals surface area contributed by atoms with Crippen LogP contribution in [0, 0.1) is 18.8 Å². The third-order valence-corrected chi connectivity index (χ3v) is 4.92. The zero-order valence-electron chi connectivity index (χ0n) is 14.2. The Morgan fingerprint density at radius 1 is 1.36 bits per heavy atom. The van der Waals surface area contributed by atoms with Crippen LogP contribution in [-0.4, -0.2) is 33.4 Å². The van der Waals surface area contributed by atoms with E-state index >= 15 is 0 Å². The van der Waals surface area contributed by atoms with Gasteiger partial charge in [-0.25, -0.2) is 4.98 Å². The molecule has 1 unspecified atom stereocenters. The van der Waals surface area contributed by atoms with Gasteiger partial charge in [0.2, 0.25) is 5.91 Å². The van der Waals surface area contributed by atoms with Gasteiger partial charge >= 0.3 is 0 Å². The second-order valence-corrected chi connectivity index (χ2v) is 7.59. The van der Waals surface area contributed by atoms with E-state index in [0.717, 1.165) is 26.1 Å². The molecule has 1 atom stereocenters. The summed E-state index contributed by atoms with van der Waals surface area (Å²) in [6.07, 6.45) is 7.65. The summed E-state index contributed by atoms with van der Waals surface area (Å²) in [6.45, 7) is 9.30. The number of carbonyl (C=O) groups excluding carboxylic acids is 1. The topological polar surface area (TPSA) is 38.1 Å². The number of nitrogens with zero attached hydrogens (tertiary/aromatic N) is 3. The normalized spacial score (nSPS) is 22.4. The van der Waals surface area contributed by atoms with Crippen LogP contribution in [0.3, 0.4) is 0 Å².